The number of piperidine rings is 1. The van der Waals surface area contributed by atoms with Crippen molar-refractivity contribution in [1.82, 2.24) is 15.1 Å². The molecule has 0 aliphatic carbocycles. The van der Waals surface area contributed by atoms with Crippen LogP contribution in [0.5, 0.6) is 0 Å². The van der Waals surface area contributed by atoms with E-state index >= 15 is 0 Å². The second-order valence-corrected chi connectivity index (χ2v) is 4.93. The van der Waals surface area contributed by atoms with Crippen molar-refractivity contribution in [2.45, 2.75) is 45.2 Å². The first-order valence-corrected chi connectivity index (χ1v) is 6.52. The Kier molecular flexibility index (Phi) is 3.69. The molecule has 0 aromatic rings. The Morgan fingerprint density at radius 2 is 2.31 bits per heavy atom. The fourth-order valence-corrected chi connectivity index (χ4v) is 2.64. The quantitative estimate of drug-likeness (QED) is 0.785. The summed E-state index contributed by atoms with van der Waals surface area (Å²) in [5.41, 5.74) is 0. The molecule has 2 fully saturated rings. The summed E-state index contributed by atoms with van der Waals surface area (Å²) in [5, 5.41) is 3.38. The minimum atomic E-state index is 0.253. The molecule has 2 saturated heterocycles. The molecular formula is C12H23N3O. The van der Waals surface area contributed by atoms with E-state index in [1.165, 1.54) is 6.42 Å². The van der Waals surface area contributed by atoms with Crippen LogP contribution in [0.4, 0.5) is 4.79 Å². The zero-order chi connectivity index (χ0) is 11.5. The number of hydrogen-bond acceptors (Lipinski definition) is 2. The van der Waals surface area contributed by atoms with Gasteiger partial charge in [0, 0.05) is 31.7 Å². The van der Waals surface area contributed by atoms with Gasteiger partial charge in [0.15, 0.2) is 0 Å². The molecule has 2 rings (SSSR count). The molecule has 0 aromatic carbocycles. The highest BCUT2D eigenvalue weighted by atomic mass is 16.2. The van der Waals surface area contributed by atoms with Gasteiger partial charge in [0.05, 0.1) is 0 Å². The van der Waals surface area contributed by atoms with Crippen molar-refractivity contribution in [1.29, 1.82) is 0 Å². The van der Waals surface area contributed by atoms with Crippen LogP contribution in [0.2, 0.25) is 0 Å². The van der Waals surface area contributed by atoms with Gasteiger partial charge in [0.1, 0.15) is 0 Å². The third-order valence-electron chi connectivity index (χ3n) is 3.91. The highest BCUT2D eigenvalue weighted by Crippen LogP contribution is 2.20. The van der Waals surface area contributed by atoms with E-state index in [9.17, 15) is 4.79 Å². The zero-order valence-electron chi connectivity index (χ0n) is 10.4. The first-order chi connectivity index (χ1) is 7.74. The highest BCUT2D eigenvalue weighted by molar-refractivity contribution is 5.77. The van der Waals surface area contributed by atoms with E-state index in [2.05, 4.69) is 24.1 Å². The van der Waals surface area contributed by atoms with Crippen LogP contribution in [0.15, 0.2) is 0 Å². The van der Waals surface area contributed by atoms with Gasteiger partial charge in [-0.05, 0) is 32.7 Å². The number of carbonyl (C=O) groups is 1. The lowest BCUT2D eigenvalue weighted by Crippen LogP contribution is -2.48. The number of urea groups is 1. The molecule has 2 unspecified atom stereocenters. The summed E-state index contributed by atoms with van der Waals surface area (Å²) in [6.07, 6.45) is 3.40. The molecule has 0 bridgehead atoms. The van der Waals surface area contributed by atoms with Crippen molar-refractivity contribution >= 4 is 6.03 Å². The summed E-state index contributed by atoms with van der Waals surface area (Å²) in [7, 11) is 0. The molecule has 2 atom stereocenters. The first kappa shape index (κ1) is 11.7. The fourth-order valence-electron chi connectivity index (χ4n) is 2.64. The van der Waals surface area contributed by atoms with Gasteiger partial charge in [0.25, 0.3) is 0 Å². The fraction of sp³-hybridized carbons (Fsp3) is 0.917. The van der Waals surface area contributed by atoms with Gasteiger partial charge < -0.3 is 15.1 Å². The molecule has 1 N–H and O–H groups in total. The largest absolute Gasteiger partial charge is 0.320 e. The van der Waals surface area contributed by atoms with Crippen LogP contribution >= 0.6 is 0 Å². The second kappa shape index (κ2) is 5.04. The smallest absolute Gasteiger partial charge is 0.320 e. The van der Waals surface area contributed by atoms with Crippen molar-refractivity contribution in [3.63, 3.8) is 0 Å². The van der Waals surface area contributed by atoms with E-state index in [0.29, 0.717) is 12.1 Å². The summed E-state index contributed by atoms with van der Waals surface area (Å²) >= 11 is 0. The Bertz CT molecular complexity index is 251. The molecule has 2 heterocycles. The van der Waals surface area contributed by atoms with E-state index in [1.54, 1.807) is 0 Å². The van der Waals surface area contributed by atoms with Gasteiger partial charge in [-0.2, -0.15) is 0 Å². The first-order valence-electron chi connectivity index (χ1n) is 6.52. The molecule has 92 valence electrons. The minimum absolute atomic E-state index is 0.253. The van der Waals surface area contributed by atoms with Crippen LogP contribution in [0, 0.1) is 0 Å². The highest BCUT2D eigenvalue weighted by Gasteiger charge is 2.35. The van der Waals surface area contributed by atoms with Crippen molar-refractivity contribution in [3.8, 4) is 0 Å². The molecule has 4 heteroatoms. The summed E-state index contributed by atoms with van der Waals surface area (Å²) in [4.78, 5) is 16.3. The molecule has 2 aliphatic heterocycles. The van der Waals surface area contributed by atoms with Crippen molar-refractivity contribution in [2.75, 3.05) is 26.2 Å². The Balaban J connectivity index is 1.95. The van der Waals surface area contributed by atoms with Crippen LogP contribution in [0.3, 0.4) is 0 Å². The predicted molar refractivity (Wildman–Crippen MR) is 64.5 cm³/mol. The average molecular weight is 225 g/mol. The maximum absolute atomic E-state index is 12.2. The van der Waals surface area contributed by atoms with Crippen LogP contribution in [0.25, 0.3) is 0 Å². The third kappa shape index (κ3) is 2.17. The topological polar surface area (TPSA) is 35.6 Å². The zero-order valence-corrected chi connectivity index (χ0v) is 10.4. The van der Waals surface area contributed by atoms with E-state index in [-0.39, 0.29) is 6.03 Å². The Morgan fingerprint density at radius 3 is 2.94 bits per heavy atom. The SMILES string of the molecule is CCC(C)N1CCN(C2CCCNC2)C1=O. The number of carbonyl (C=O) groups excluding carboxylic acids is 1. The van der Waals surface area contributed by atoms with Gasteiger partial charge in [-0.3, -0.25) is 0 Å². The van der Waals surface area contributed by atoms with Crippen LogP contribution < -0.4 is 5.32 Å². The monoisotopic (exact) mass is 225 g/mol. The molecular weight excluding hydrogens is 202 g/mol. The van der Waals surface area contributed by atoms with Crippen LogP contribution in [-0.2, 0) is 0 Å². The molecule has 0 aromatic heterocycles. The number of nitrogens with one attached hydrogen (secondary N) is 1. The standard InChI is InChI=1S/C12H23N3O/c1-3-10(2)14-7-8-15(12(14)16)11-5-4-6-13-9-11/h10-11,13H,3-9H2,1-2H3. The van der Waals surface area contributed by atoms with E-state index in [4.69, 9.17) is 0 Å². The maximum Gasteiger partial charge on any atom is 0.320 e. The van der Waals surface area contributed by atoms with Crippen molar-refractivity contribution in [3.05, 3.63) is 0 Å². The van der Waals surface area contributed by atoms with Crippen molar-refractivity contribution in [2.24, 2.45) is 0 Å². The van der Waals surface area contributed by atoms with Crippen LogP contribution in [-0.4, -0.2) is 54.1 Å². The lowest BCUT2D eigenvalue weighted by atomic mass is 10.1. The number of rotatable bonds is 3. The number of nitrogens with zero attached hydrogens (tertiary/aromatic N) is 2. The van der Waals surface area contributed by atoms with E-state index < -0.39 is 0 Å². The summed E-state index contributed by atoms with van der Waals surface area (Å²) in [6, 6.07) is 1.06. The Hall–Kier alpha value is -0.770. The van der Waals surface area contributed by atoms with E-state index in [0.717, 1.165) is 39.0 Å². The molecule has 2 amide bonds. The third-order valence-corrected chi connectivity index (χ3v) is 3.91. The molecule has 16 heavy (non-hydrogen) atoms. The minimum Gasteiger partial charge on any atom is -0.320 e. The van der Waals surface area contributed by atoms with Gasteiger partial charge in [0.2, 0.25) is 0 Å². The normalized spacial score (nSPS) is 28.6. The van der Waals surface area contributed by atoms with Gasteiger partial charge in [-0.1, -0.05) is 6.92 Å². The van der Waals surface area contributed by atoms with Gasteiger partial charge >= 0.3 is 6.03 Å². The molecule has 0 saturated carbocycles. The lowest BCUT2D eigenvalue weighted by Gasteiger charge is -2.32. The molecule has 0 spiro atoms. The Labute approximate surface area is 98.0 Å². The summed E-state index contributed by atoms with van der Waals surface area (Å²) < 4.78 is 0. The number of hydrogen-bond donors (Lipinski definition) is 1. The van der Waals surface area contributed by atoms with Crippen molar-refractivity contribution < 1.29 is 4.79 Å². The van der Waals surface area contributed by atoms with Gasteiger partial charge in [-0.15, -0.1) is 0 Å². The lowest BCUT2D eigenvalue weighted by molar-refractivity contribution is 0.158. The predicted octanol–water partition coefficient (Wildman–Crippen LogP) is 1.27. The van der Waals surface area contributed by atoms with Crippen LogP contribution in [0.1, 0.15) is 33.1 Å². The van der Waals surface area contributed by atoms with Gasteiger partial charge in [-0.25, -0.2) is 4.79 Å². The molecule has 2 aliphatic rings. The summed E-state index contributed by atoms with van der Waals surface area (Å²) in [5.74, 6) is 0. The molecule has 0 radical (unpaired) electrons. The maximum atomic E-state index is 12.2. The van der Waals surface area contributed by atoms with E-state index in [1.807, 2.05) is 4.90 Å². The second-order valence-electron chi connectivity index (χ2n) is 4.93. The molecule has 4 nitrogen and oxygen atoms in total. The Morgan fingerprint density at radius 1 is 1.50 bits per heavy atom. The number of amides is 2. The average Bonchev–Trinajstić information content (AvgIpc) is 2.71. The summed E-state index contributed by atoms with van der Waals surface area (Å²) in [6.45, 7) is 8.18.